The molecule has 0 aromatic heterocycles. The highest BCUT2D eigenvalue weighted by Crippen LogP contribution is 2.22. The van der Waals surface area contributed by atoms with Gasteiger partial charge in [0, 0.05) is 29.4 Å². The molecule has 3 nitrogen and oxygen atoms in total. The third-order valence-electron chi connectivity index (χ3n) is 4.06. The molecule has 5 heteroatoms. The van der Waals surface area contributed by atoms with Gasteiger partial charge in [0.05, 0.1) is 5.75 Å². The molecule has 24 heavy (non-hydrogen) atoms. The number of carbonyl (C=O) groups excluding carboxylic acids is 1. The number of nitrogens with one attached hydrogen (secondary N) is 1. The fourth-order valence-corrected chi connectivity index (χ4v) is 3.48. The lowest BCUT2D eigenvalue weighted by atomic mass is 10.1. The van der Waals surface area contributed by atoms with Crippen LogP contribution in [0.3, 0.4) is 0 Å². The van der Waals surface area contributed by atoms with E-state index in [4.69, 9.17) is 0 Å². The van der Waals surface area contributed by atoms with Crippen LogP contribution in [-0.4, -0.2) is 24.7 Å². The van der Waals surface area contributed by atoms with Crippen LogP contribution in [0.25, 0.3) is 0 Å². The van der Waals surface area contributed by atoms with E-state index in [0.29, 0.717) is 5.75 Å². The van der Waals surface area contributed by atoms with Crippen molar-refractivity contribution in [2.75, 3.05) is 29.1 Å². The van der Waals surface area contributed by atoms with Crippen LogP contribution in [0.15, 0.2) is 53.4 Å². The SMILES string of the molecule is O=C(CSc1ccc(F)cc1)Nc1ccc(N2CCCCC2)cc1. The van der Waals surface area contributed by atoms with Crippen LogP contribution < -0.4 is 10.2 Å². The van der Waals surface area contributed by atoms with Crippen molar-refractivity contribution in [2.45, 2.75) is 24.2 Å². The van der Waals surface area contributed by atoms with Crippen LogP contribution in [0.2, 0.25) is 0 Å². The van der Waals surface area contributed by atoms with Crippen molar-refractivity contribution in [1.29, 1.82) is 0 Å². The summed E-state index contributed by atoms with van der Waals surface area (Å²) in [5, 5.41) is 2.90. The van der Waals surface area contributed by atoms with E-state index in [-0.39, 0.29) is 11.7 Å². The number of hydrogen-bond donors (Lipinski definition) is 1. The predicted molar refractivity (Wildman–Crippen MR) is 98.3 cm³/mol. The lowest BCUT2D eigenvalue weighted by Gasteiger charge is -2.28. The van der Waals surface area contributed by atoms with Gasteiger partial charge in [0.1, 0.15) is 5.82 Å². The molecule has 0 spiro atoms. The quantitative estimate of drug-likeness (QED) is 0.808. The molecule has 126 valence electrons. The number of rotatable bonds is 5. The highest BCUT2D eigenvalue weighted by atomic mass is 32.2. The molecule has 2 aromatic rings. The van der Waals surface area contributed by atoms with E-state index in [0.717, 1.165) is 23.7 Å². The van der Waals surface area contributed by atoms with Crippen molar-refractivity contribution < 1.29 is 9.18 Å². The van der Waals surface area contributed by atoms with Crippen molar-refractivity contribution in [3.63, 3.8) is 0 Å². The molecule has 1 saturated heterocycles. The van der Waals surface area contributed by atoms with Crippen LogP contribution in [0.4, 0.5) is 15.8 Å². The summed E-state index contributed by atoms with van der Waals surface area (Å²) < 4.78 is 12.8. The second kappa shape index (κ2) is 8.20. The topological polar surface area (TPSA) is 32.3 Å². The summed E-state index contributed by atoms with van der Waals surface area (Å²) >= 11 is 1.40. The number of benzene rings is 2. The minimum Gasteiger partial charge on any atom is -0.372 e. The van der Waals surface area contributed by atoms with E-state index in [9.17, 15) is 9.18 Å². The second-order valence-corrected chi connectivity index (χ2v) is 6.93. The zero-order valence-corrected chi connectivity index (χ0v) is 14.3. The van der Waals surface area contributed by atoms with Crippen molar-refractivity contribution in [1.82, 2.24) is 0 Å². The molecule has 2 aromatic carbocycles. The monoisotopic (exact) mass is 344 g/mol. The maximum absolute atomic E-state index is 12.8. The lowest BCUT2D eigenvalue weighted by molar-refractivity contribution is -0.113. The number of carbonyl (C=O) groups is 1. The van der Waals surface area contributed by atoms with Gasteiger partial charge in [-0.3, -0.25) is 4.79 Å². The minimum atomic E-state index is -0.266. The number of halogens is 1. The van der Waals surface area contributed by atoms with E-state index in [1.54, 1.807) is 12.1 Å². The molecule has 1 heterocycles. The van der Waals surface area contributed by atoms with Crippen molar-refractivity contribution in [3.8, 4) is 0 Å². The van der Waals surface area contributed by atoms with Gasteiger partial charge in [0.25, 0.3) is 0 Å². The number of anilines is 2. The molecule has 1 N–H and O–H groups in total. The number of hydrogen-bond acceptors (Lipinski definition) is 3. The molecule has 0 unspecified atom stereocenters. The molecule has 0 bridgehead atoms. The van der Waals surface area contributed by atoms with Crippen LogP contribution in [0, 0.1) is 5.82 Å². The maximum atomic E-state index is 12.8. The highest BCUT2D eigenvalue weighted by Gasteiger charge is 2.11. The normalized spacial score (nSPS) is 14.5. The highest BCUT2D eigenvalue weighted by molar-refractivity contribution is 8.00. The molecule has 0 aliphatic carbocycles. The Labute approximate surface area is 146 Å². The Morgan fingerprint density at radius 1 is 1.00 bits per heavy atom. The van der Waals surface area contributed by atoms with Crippen molar-refractivity contribution in [3.05, 3.63) is 54.3 Å². The average Bonchev–Trinajstić information content (AvgIpc) is 2.63. The Morgan fingerprint density at radius 2 is 1.67 bits per heavy atom. The van der Waals surface area contributed by atoms with E-state index >= 15 is 0 Å². The fraction of sp³-hybridized carbons (Fsp3) is 0.316. The Morgan fingerprint density at radius 3 is 2.33 bits per heavy atom. The molecule has 1 aliphatic heterocycles. The first-order chi connectivity index (χ1) is 11.7. The zero-order valence-electron chi connectivity index (χ0n) is 13.5. The standard InChI is InChI=1S/C19H21FN2OS/c20-15-4-10-18(11-5-15)24-14-19(23)21-16-6-8-17(9-7-16)22-12-2-1-3-13-22/h4-11H,1-3,12-14H2,(H,21,23). The van der Waals surface area contributed by atoms with Crippen molar-refractivity contribution in [2.24, 2.45) is 0 Å². The van der Waals surface area contributed by atoms with Gasteiger partial charge in [-0.2, -0.15) is 0 Å². The predicted octanol–water partition coefficient (Wildman–Crippen LogP) is 4.55. The van der Waals surface area contributed by atoms with Gasteiger partial charge in [0.15, 0.2) is 0 Å². The van der Waals surface area contributed by atoms with Gasteiger partial charge in [-0.1, -0.05) is 0 Å². The zero-order chi connectivity index (χ0) is 16.8. The first-order valence-corrected chi connectivity index (χ1v) is 9.22. The molecule has 0 saturated carbocycles. The summed E-state index contributed by atoms with van der Waals surface area (Å²) in [4.78, 5) is 15.3. The molecule has 1 fully saturated rings. The van der Waals surface area contributed by atoms with E-state index in [1.165, 1.54) is 48.8 Å². The third-order valence-corrected chi connectivity index (χ3v) is 5.07. The molecular formula is C19H21FN2OS. The Hall–Kier alpha value is -2.01. The second-order valence-electron chi connectivity index (χ2n) is 5.89. The van der Waals surface area contributed by atoms with Gasteiger partial charge < -0.3 is 10.2 Å². The van der Waals surface area contributed by atoms with E-state index in [1.807, 2.05) is 12.1 Å². The molecule has 1 amide bonds. The number of nitrogens with zero attached hydrogens (tertiary/aromatic N) is 1. The van der Waals surface area contributed by atoms with Crippen molar-refractivity contribution >= 4 is 29.0 Å². The maximum Gasteiger partial charge on any atom is 0.234 e. The smallest absolute Gasteiger partial charge is 0.234 e. The summed E-state index contributed by atoms with van der Waals surface area (Å²) in [6.45, 7) is 2.22. The lowest BCUT2D eigenvalue weighted by Crippen LogP contribution is -2.29. The van der Waals surface area contributed by atoms with Crippen LogP contribution in [0.5, 0.6) is 0 Å². The van der Waals surface area contributed by atoms with Gasteiger partial charge in [0.2, 0.25) is 5.91 Å². The van der Waals surface area contributed by atoms with Gasteiger partial charge in [-0.05, 0) is 67.8 Å². The number of thioether (sulfide) groups is 1. The van der Waals surface area contributed by atoms with Crippen LogP contribution in [0.1, 0.15) is 19.3 Å². The summed E-state index contributed by atoms with van der Waals surface area (Å²) in [7, 11) is 0. The van der Waals surface area contributed by atoms with Crippen LogP contribution >= 0.6 is 11.8 Å². The average molecular weight is 344 g/mol. The summed E-state index contributed by atoms with van der Waals surface area (Å²) in [5.41, 5.74) is 2.02. The Balaban J connectivity index is 1.49. The largest absolute Gasteiger partial charge is 0.372 e. The minimum absolute atomic E-state index is 0.0601. The Bertz CT molecular complexity index is 667. The van der Waals surface area contributed by atoms with Gasteiger partial charge >= 0.3 is 0 Å². The summed E-state index contributed by atoms with van der Waals surface area (Å²) in [6.07, 6.45) is 3.81. The first-order valence-electron chi connectivity index (χ1n) is 8.24. The molecule has 0 atom stereocenters. The first kappa shape index (κ1) is 16.8. The third kappa shape index (κ3) is 4.74. The number of piperidine rings is 1. The fourth-order valence-electron chi connectivity index (χ4n) is 2.78. The summed E-state index contributed by atoms with van der Waals surface area (Å²) in [5.74, 6) is -0.0212. The van der Waals surface area contributed by atoms with Gasteiger partial charge in [-0.15, -0.1) is 11.8 Å². The summed E-state index contributed by atoms with van der Waals surface area (Å²) in [6, 6.07) is 14.2. The molecule has 1 aliphatic rings. The number of amides is 1. The van der Waals surface area contributed by atoms with Gasteiger partial charge in [-0.25, -0.2) is 4.39 Å². The van der Waals surface area contributed by atoms with E-state index in [2.05, 4.69) is 22.3 Å². The van der Waals surface area contributed by atoms with E-state index < -0.39 is 0 Å². The Kier molecular flexibility index (Phi) is 5.75. The molecule has 0 radical (unpaired) electrons. The van der Waals surface area contributed by atoms with Crippen LogP contribution in [-0.2, 0) is 4.79 Å². The molecular weight excluding hydrogens is 323 g/mol. The molecule has 3 rings (SSSR count).